The van der Waals surface area contributed by atoms with Crippen LogP contribution < -0.4 is 5.32 Å². The molecule has 5 N–H and O–H groups in total. The van der Waals surface area contributed by atoms with Gasteiger partial charge in [0, 0.05) is 26.1 Å². The molecule has 0 aromatic heterocycles. The summed E-state index contributed by atoms with van der Waals surface area (Å²) in [5, 5.41) is 43.2. The summed E-state index contributed by atoms with van der Waals surface area (Å²) >= 11 is 0. The van der Waals surface area contributed by atoms with Gasteiger partial charge >= 0.3 is 0 Å². The Hall–Kier alpha value is -0.730. The van der Waals surface area contributed by atoms with E-state index < -0.39 is 18.2 Å². The molecule has 0 heterocycles. The fraction of sp³-hybridized carbons (Fsp3) is 0.967. The Labute approximate surface area is 228 Å². The van der Waals surface area contributed by atoms with Gasteiger partial charge < -0.3 is 25.7 Å². The first kappa shape index (κ1) is 36.3. The molecular weight excluding hydrogens is 468 g/mol. The third-order valence-corrected chi connectivity index (χ3v) is 7.30. The topological polar surface area (TPSA) is 113 Å². The number of hydrogen-bond acceptors (Lipinski definition) is 6. The maximum absolute atomic E-state index is 12.6. The molecule has 7 nitrogen and oxygen atoms in total. The Bertz CT molecular complexity index is 489. The van der Waals surface area contributed by atoms with Gasteiger partial charge in [-0.15, -0.1) is 0 Å². The Kier molecular flexibility index (Phi) is 26.3. The summed E-state index contributed by atoms with van der Waals surface area (Å²) in [4.78, 5) is 14.4. The summed E-state index contributed by atoms with van der Waals surface area (Å²) < 4.78 is 0. The lowest BCUT2D eigenvalue weighted by Gasteiger charge is -2.32. The number of nitrogens with one attached hydrogen (secondary N) is 1. The van der Waals surface area contributed by atoms with Crippen LogP contribution in [0.4, 0.5) is 0 Å². The van der Waals surface area contributed by atoms with E-state index in [2.05, 4.69) is 19.2 Å². The third kappa shape index (κ3) is 21.8. The average Bonchev–Trinajstić information content (AvgIpc) is 2.88. The highest BCUT2D eigenvalue weighted by molar-refractivity contribution is 5.76. The Morgan fingerprint density at radius 3 is 1.57 bits per heavy atom. The second kappa shape index (κ2) is 26.9. The maximum atomic E-state index is 12.6. The Morgan fingerprint density at radius 1 is 0.676 bits per heavy atom. The second-order valence-electron chi connectivity index (χ2n) is 10.8. The summed E-state index contributed by atoms with van der Waals surface area (Å²) in [7, 11) is 0. The fourth-order valence-corrected chi connectivity index (χ4v) is 4.90. The first-order valence-electron chi connectivity index (χ1n) is 15.6. The quantitative estimate of drug-likeness (QED) is 0.0917. The Morgan fingerprint density at radius 2 is 1.11 bits per heavy atom. The molecule has 7 heteroatoms. The zero-order valence-corrected chi connectivity index (χ0v) is 24.3. The summed E-state index contributed by atoms with van der Waals surface area (Å²) in [6.45, 7) is 5.21. The zero-order chi connectivity index (χ0) is 27.6. The van der Waals surface area contributed by atoms with Crippen molar-refractivity contribution in [3.8, 4) is 0 Å². The zero-order valence-electron chi connectivity index (χ0n) is 24.3. The molecule has 0 aliphatic heterocycles. The lowest BCUT2D eigenvalue weighted by atomic mass is 9.98. The van der Waals surface area contributed by atoms with Gasteiger partial charge in [-0.3, -0.25) is 9.69 Å². The summed E-state index contributed by atoms with van der Waals surface area (Å²) in [6, 6.07) is -0.645. The molecule has 0 saturated carbocycles. The molecule has 0 aliphatic rings. The minimum Gasteiger partial charge on any atom is -0.395 e. The van der Waals surface area contributed by atoms with Crippen LogP contribution in [-0.2, 0) is 4.79 Å². The lowest BCUT2D eigenvalue weighted by Crippen LogP contribution is -2.54. The summed E-state index contributed by atoms with van der Waals surface area (Å²) in [5.74, 6) is -0.119. The summed E-state index contributed by atoms with van der Waals surface area (Å²) in [5.41, 5.74) is 0. The van der Waals surface area contributed by atoms with Crippen molar-refractivity contribution in [3.05, 3.63) is 0 Å². The fourth-order valence-electron chi connectivity index (χ4n) is 4.90. The lowest BCUT2D eigenvalue weighted by molar-refractivity contribution is -0.124. The van der Waals surface area contributed by atoms with Crippen LogP contribution in [-0.4, -0.2) is 82.3 Å². The minimum absolute atomic E-state index is 0.0738. The third-order valence-electron chi connectivity index (χ3n) is 7.30. The highest BCUT2D eigenvalue weighted by Crippen LogP contribution is 2.15. The molecule has 0 aromatic rings. The number of aliphatic hydroxyl groups excluding tert-OH is 4. The van der Waals surface area contributed by atoms with Crippen LogP contribution in [0.25, 0.3) is 0 Å². The highest BCUT2D eigenvalue weighted by Gasteiger charge is 2.29. The van der Waals surface area contributed by atoms with E-state index in [1.54, 1.807) is 0 Å². The van der Waals surface area contributed by atoms with Crippen LogP contribution in [0.3, 0.4) is 0 Å². The highest BCUT2D eigenvalue weighted by atomic mass is 16.3. The van der Waals surface area contributed by atoms with Crippen LogP contribution in [0.1, 0.15) is 136 Å². The number of carbonyl (C=O) groups excluding carboxylic acids is 1. The van der Waals surface area contributed by atoms with Gasteiger partial charge in [-0.2, -0.15) is 0 Å². The molecule has 0 radical (unpaired) electrons. The predicted molar refractivity (Wildman–Crippen MR) is 154 cm³/mol. The smallest absolute Gasteiger partial charge is 0.220 e. The number of nitrogens with zero attached hydrogens (tertiary/aromatic N) is 1. The monoisotopic (exact) mass is 530 g/mol. The van der Waals surface area contributed by atoms with E-state index in [0.717, 1.165) is 44.9 Å². The van der Waals surface area contributed by atoms with E-state index in [9.17, 15) is 25.2 Å². The molecule has 3 unspecified atom stereocenters. The molecule has 0 aliphatic carbocycles. The number of carbonyl (C=O) groups is 1. The van der Waals surface area contributed by atoms with Gasteiger partial charge in [0.25, 0.3) is 0 Å². The molecule has 37 heavy (non-hydrogen) atoms. The van der Waals surface area contributed by atoms with E-state index in [-0.39, 0.29) is 25.7 Å². The SMILES string of the molecule is CCCCCCCCCCCCCCC(O)C(O)C(CN(CCO)CCO)NC(=O)CCCCCCC. The Balaban J connectivity index is 4.42. The largest absolute Gasteiger partial charge is 0.395 e. The van der Waals surface area contributed by atoms with Gasteiger partial charge in [-0.05, 0) is 12.8 Å². The number of amides is 1. The van der Waals surface area contributed by atoms with Crippen molar-refractivity contribution in [1.82, 2.24) is 10.2 Å². The van der Waals surface area contributed by atoms with Gasteiger partial charge in [0.15, 0.2) is 0 Å². The van der Waals surface area contributed by atoms with Gasteiger partial charge in [0.1, 0.15) is 6.10 Å². The van der Waals surface area contributed by atoms with E-state index in [1.165, 1.54) is 64.2 Å². The summed E-state index contributed by atoms with van der Waals surface area (Å²) in [6.07, 6.45) is 19.1. The van der Waals surface area contributed by atoms with Crippen LogP contribution in [0, 0.1) is 0 Å². The number of unbranched alkanes of at least 4 members (excludes halogenated alkanes) is 15. The molecule has 222 valence electrons. The molecule has 0 fully saturated rings. The van der Waals surface area contributed by atoms with Crippen molar-refractivity contribution < 1.29 is 25.2 Å². The van der Waals surface area contributed by atoms with Gasteiger partial charge in [-0.1, -0.05) is 117 Å². The molecule has 0 rings (SSSR count). The maximum Gasteiger partial charge on any atom is 0.220 e. The molecule has 0 bridgehead atoms. The normalized spacial score (nSPS) is 14.1. The molecule has 3 atom stereocenters. The van der Waals surface area contributed by atoms with Crippen molar-refractivity contribution >= 4 is 5.91 Å². The van der Waals surface area contributed by atoms with E-state index in [1.807, 2.05) is 4.90 Å². The predicted octanol–water partition coefficient (Wildman–Crippen LogP) is 4.93. The molecule has 1 amide bonds. The van der Waals surface area contributed by atoms with Crippen LogP contribution >= 0.6 is 0 Å². The average molecular weight is 531 g/mol. The molecule has 0 aromatic carbocycles. The van der Waals surface area contributed by atoms with E-state index >= 15 is 0 Å². The van der Waals surface area contributed by atoms with Crippen molar-refractivity contribution in [2.24, 2.45) is 0 Å². The number of rotatable bonds is 28. The second-order valence-corrected chi connectivity index (χ2v) is 10.8. The van der Waals surface area contributed by atoms with Gasteiger partial charge in [0.05, 0.1) is 25.4 Å². The van der Waals surface area contributed by atoms with E-state index in [0.29, 0.717) is 25.9 Å². The van der Waals surface area contributed by atoms with Crippen molar-refractivity contribution in [1.29, 1.82) is 0 Å². The molecule has 0 spiro atoms. The van der Waals surface area contributed by atoms with Gasteiger partial charge in [-0.25, -0.2) is 0 Å². The van der Waals surface area contributed by atoms with Gasteiger partial charge in [0.2, 0.25) is 5.91 Å². The van der Waals surface area contributed by atoms with Crippen molar-refractivity contribution in [3.63, 3.8) is 0 Å². The molecule has 0 saturated heterocycles. The van der Waals surface area contributed by atoms with Crippen molar-refractivity contribution in [2.75, 3.05) is 32.8 Å². The number of aliphatic hydroxyl groups is 4. The first-order valence-corrected chi connectivity index (χ1v) is 15.6. The van der Waals surface area contributed by atoms with Crippen LogP contribution in [0.15, 0.2) is 0 Å². The van der Waals surface area contributed by atoms with Crippen molar-refractivity contribution in [2.45, 2.75) is 154 Å². The van der Waals surface area contributed by atoms with Crippen LogP contribution in [0.2, 0.25) is 0 Å². The number of hydrogen-bond donors (Lipinski definition) is 5. The minimum atomic E-state index is -1.09. The standard InChI is InChI=1S/C30H62N2O5/c1-3-5-7-9-10-11-12-13-14-15-17-18-20-28(35)30(37)27(26-32(22-24-33)23-25-34)31-29(36)21-19-16-8-6-4-2/h27-28,30,33-35,37H,3-26H2,1-2H3,(H,31,36). The van der Waals surface area contributed by atoms with Crippen LogP contribution in [0.5, 0.6) is 0 Å². The molecular formula is C30H62N2O5. The van der Waals surface area contributed by atoms with E-state index in [4.69, 9.17) is 0 Å². The first-order chi connectivity index (χ1) is 18.0.